The molecule has 0 radical (unpaired) electrons. The molecule has 0 saturated heterocycles. The Hall–Kier alpha value is -4.30. The van der Waals surface area contributed by atoms with Crippen molar-refractivity contribution in [1.29, 1.82) is 0 Å². The lowest BCUT2D eigenvalue weighted by Gasteiger charge is -2.26. The number of nitrogens with one attached hydrogen (secondary N) is 2. The van der Waals surface area contributed by atoms with Crippen molar-refractivity contribution in [3.63, 3.8) is 0 Å². The highest BCUT2D eigenvalue weighted by Crippen LogP contribution is 2.46. The first-order valence-corrected chi connectivity index (χ1v) is 14.0. The summed E-state index contributed by atoms with van der Waals surface area (Å²) in [6.07, 6.45) is 5.26. The lowest BCUT2D eigenvalue weighted by atomic mass is 9.79. The lowest BCUT2D eigenvalue weighted by Crippen LogP contribution is -2.33. The maximum absolute atomic E-state index is 14.0. The predicted octanol–water partition coefficient (Wildman–Crippen LogP) is 5.06. The number of anilines is 2. The summed E-state index contributed by atoms with van der Waals surface area (Å²) in [6.45, 7) is 1.91. The number of para-hydroxylation sites is 1. The minimum Gasteiger partial charge on any atom is -0.351 e. The molecule has 0 bridgehead atoms. The predicted molar refractivity (Wildman–Crippen MR) is 159 cm³/mol. The molecule has 5 rings (SSSR count). The zero-order valence-corrected chi connectivity index (χ0v) is 23.5. The number of likely N-dealkylation sites (N-methyl/N-ethyl adjacent to an activating group) is 1. The van der Waals surface area contributed by atoms with Gasteiger partial charge in [0.1, 0.15) is 5.82 Å². The highest BCUT2D eigenvalue weighted by molar-refractivity contribution is 6.08. The lowest BCUT2D eigenvalue weighted by molar-refractivity contribution is -0.117. The standard InChI is InChI=1S/C33H35FN4O3/c1-37(2)20-18-35-30(39)25-15-16-33(22-25)17-19-38(29-10-6-3-7-24(29)21-33)32(41)23-11-13-26(14-12-23)36-31(40)27-8-4-5-9-28(27)34/h3-14,22H,15-21H2,1-2H3,(H,35,39)(H,36,40)/t33-/m0/s1. The molecule has 3 aromatic rings. The largest absolute Gasteiger partial charge is 0.351 e. The van der Waals surface area contributed by atoms with Gasteiger partial charge in [-0.15, -0.1) is 0 Å². The van der Waals surface area contributed by atoms with Crippen molar-refractivity contribution in [3.05, 3.63) is 107 Å². The van der Waals surface area contributed by atoms with Crippen molar-refractivity contribution in [3.8, 4) is 0 Å². The summed E-state index contributed by atoms with van der Waals surface area (Å²) in [7, 11) is 3.96. The third-order valence-electron chi connectivity index (χ3n) is 7.92. The first kappa shape index (κ1) is 28.2. The van der Waals surface area contributed by atoms with Crippen LogP contribution in [0.3, 0.4) is 0 Å². The molecule has 2 aliphatic rings. The van der Waals surface area contributed by atoms with E-state index in [1.165, 1.54) is 18.2 Å². The third-order valence-corrected chi connectivity index (χ3v) is 7.92. The number of fused-ring (bicyclic) bond motifs is 1. The van der Waals surface area contributed by atoms with Gasteiger partial charge in [0.2, 0.25) is 5.91 Å². The van der Waals surface area contributed by atoms with Gasteiger partial charge in [-0.25, -0.2) is 4.39 Å². The molecule has 3 amide bonds. The number of carbonyl (C=O) groups excluding carboxylic acids is 3. The van der Waals surface area contributed by atoms with Crippen molar-refractivity contribution in [2.45, 2.75) is 25.7 Å². The molecule has 1 aliphatic carbocycles. The van der Waals surface area contributed by atoms with E-state index in [0.29, 0.717) is 24.3 Å². The smallest absolute Gasteiger partial charge is 0.258 e. The van der Waals surface area contributed by atoms with E-state index in [9.17, 15) is 18.8 Å². The molecule has 41 heavy (non-hydrogen) atoms. The molecule has 0 unspecified atom stereocenters. The first-order valence-electron chi connectivity index (χ1n) is 14.0. The monoisotopic (exact) mass is 554 g/mol. The van der Waals surface area contributed by atoms with Crippen molar-refractivity contribution in [2.75, 3.05) is 43.9 Å². The Labute approximate surface area is 240 Å². The van der Waals surface area contributed by atoms with Crippen LogP contribution < -0.4 is 15.5 Å². The normalized spacial score (nSPS) is 18.0. The van der Waals surface area contributed by atoms with Crippen LogP contribution in [0.2, 0.25) is 0 Å². The van der Waals surface area contributed by atoms with Gasteiger partial charge < -0.3 is 20.4 Å². The summed E-state index contributed by atoms with van der Waals surface area (Å²) < 4.78 is 14.0. The minimum atomic E-state index is -0.594. The number of hydrogen-bond donors (Lipinski definition) is 2. The van der Waals surface area contributed by atoms with E-state index in [4.69, 9.17) is 0 Å². The molecule has 3 aromatic carbocycles. The summed E-state index contributed by atoms with van der Waals surface area (Å²) in [5.41, 5.74) is 3.52. The molecule has 2 N–H and O–H groups in total. The fourth-order valence-corrected chi connectivity index (χ4v) is 5.67. The Bertz CT molecular complexity index is 1480. The Balaban J connectivity index is 1.31. The number of carbonyl (C=O) groups is 3. The van der Waals surface area contributed by atoms with Gasteiger partial charge in [0.25, 0.3) is 11.8 Å². The third kappa shape index (κ3) is 6.38. The number of hydrogen-bond acceptors (Lipinski definition) is 4. The number of allylic oxidation sites excluding steroid dienone is 1. The van der Waals surface area contributed by atoms with Gasteiger partial charge in [-0.1, -0.05) is 36.4 Å². The van der Waals surface area contributed by atoms with Crippen LogP contribution in [0, 0.1) is 11.2 Å². The van der Waals surface area contributed by atoms with Crippen LogP contribution in [0.5, 0.6) is 0 Å². The van der Waals surface area contributed by atoms with Crippen LogP contribution in [-0.4, -0.2) is 56.4 Å². The highest BCUT2D eigenvalue weighted by Gasteiger charge is 2.39. The van der Waals surface area contributed by atoms with E-state index in [-0.39, 0.29) is 22.8 Å². The van der Waals surface area contributed by atoms with Gasteiger partial charge in [-0.3, -0.25) is 14.4 Å². The molecular formula is C33H35FN4O3. The molecule has 212 valence electrons. The fraction of sp³-hybridized carbons (Fsp3) is 0.303. The second kappa shape index (κ2) is 12.1. The Kier molecular flexibility index (Phi) is 8.31. The van der Waals surface area contributed by atoms with E-state index in [1.54, 1.807) is 30.3 Å². The van der Waals surface area contributed by atoms with Gasteiger partial charge >= 0.3 is 0 Å². The van der Waals surface area contributed by atoms with Gasteiger partial charge in [0.05, 0.1) is 5.56 Å². The van der Waals surface area contributed by atoms with Crippen LogP contribution >= 0.6 is 0 Å². The summed E-state index contributed by atoms with van der Waals surface area (Å²) in [4.78, 5) is 42.9. The van der Waals surface area contributed by atoms with E-state index in [2.05, 4.69) is 22.8 Å². The molecule has 0 fully saturated rings. The minimum absolute atomic E-state index is 0.00336. The van der Waals surface area contributed by atoms with Gasteiger partial charge in [-0.2, -0.15) is 0 Å². The molecule has 0 saturated carbocycles. The number of benzene rings is 3. The highest BCUT2D eigenvalue weighted by atomic mass is 19.1. The summed E-state index contributed by atoms with van der Waals surface area (Å²) in [5.74, 6) is -1.28. The second-order valence-electron chi connectivity index (χ2n) is 11.1. The fourth-order valence-electron chi connectivity index (χ4n) is 5.67. The molecule has 1 aliphatic heterocycles. The molecule has 8 heteroatoms. The summed E-state index contributed by atoms with van der Waals surface area (Å²) in [5, 5.41) is 5.72. The maximum Gasteiger partial charge on any atom is 0.258 e. The number of amides is 3. The number of halogens is 1. The average Bonchev–Trinajstić information content (AvgIpc) is 3.30. The Morgan fingerprint density at radius 2 is 1.66 bits per heavy atom. The van der Waals surface area contributed by atoms with Gasteiger partial charge in [0, 0.05) is 42.1 Å². The quantitative estimate of drug-likeness (QED) is 0.428. The zero-order valence-electron chi connectivity index (χ0n) is 23.5. The average molecular weight is 555 g/mol. The Morgan fingerprint density at radius 1 is 0.927 bits per heavy atom. The molecule has 7 nitrogen and oxygen atoms in total. The van der Waals surface area contributed by atoms with Crippen molar-refractivity contribution in [1.82, 2.24) is 10.2 Å². The van der Waals surface area contributed by atoms with E-state index in [0.717, 1.165) is 49.1 Å². The van der Waals surface area contributed by atoms with Crippen molar-refractivity contribution >= 4 is 29.1 Å². The first-order chi connectivity index (χ1) is 19.7. The van der Waals surface area contributed by atoms with Crippen LogP contribution in [0.15, 0.2) is 84.4 Å². The van der Waals surface area contributed by atoms with Crippen LogP contribution in [-0.2, 0) is 11.2 Å². The molecular weight excluding hydrogens is 519 g/mol. The van der Waals surface area contributed by atoms with Gasteiger partial charge in [0.15, 0.2) is 0 Å². The second-order valence-corrected chi connectivity index (χ2v) is 11.1. The molecule has 1 heterocycles. The molecule has 1 atom stereocenters. The molecule has 0 aromatic heterocycles. The summed E-state index contributed by atoms with van der Waals surface area (Å²) >= 11 is 0. The van der Waals surface area contributed by atoms with Crippen LogP contribution in [0.25, 0.3) is 0 Å². The van der Waals surface area contributed by atoms with Crippen LogP contribution in [0.4, 0.5) is 15.8 Å². The maximum atomic E-state index is 14.0. The topological polar surface area (TPSA) is 81.8 Å². The van der Waals surface area contributed by atoms with Crippen molar-refractivity contribution in [2.24, 2.45) is 5.41 Å². The van der Waals surface area contributed by atoms with Crippen LogP contribution in [0.1, 0.15) is 45.5 Å². The van der Waals surface area contributed by atoms with E-state index >= 15 is 0 Å². The van der Waals surface area contributed by atoms with Gasteiger partial charge in [-0.05, 0) is 93.2 Å². The van der Waals surface area contributed by atoms with Crippen molar-refractivity contribution < 1.29 is 18.8 Å². The zero-order chi connectivity index (χ0) is 29.0. The SMILES string of the molecule is CN(C)CCNC(=O)C1=C[C@@]2(CC1)CCN(C(=O)c1ccc(NC(=O)c3ccccc3F)cc1)c1ccccc1C2. The van der Waals surface area contributed by atoms with E-state index < -0.39 is 11.7 Å². The number of rotatable bonds is 7. The van der Waals surface area contributed by atoms with E-state index in [1.807, 2.05) is 42.1 Å². The summed E-state index contributed by atoms with van der Waals surface area (Å²) in [6, 6.07) is 20.4. The Morgan fingerprint density at radius 3 is 2.41 bits per heavy atom. The number of nitrogens with zero attached hydrogens (tertiary/aromatic N) is 2. The molecule has 1 spiro atoms.